The summed E-state index contributed by atoms with van der Waals surface area (Å²) in [6.07, 6.45) is 28.9. The molecule has 9 nitrogen and oxygen atoms in total. The molecule has 1 amide bonds. The smallest absolute Gasteiger partial charge is 0.307 e. The number of hydroxylamine groups is 1. The first-order chi connectivity index (χ1) is 24.8. The van der Waals surface area contributed by atoms with Crippen LogP contribution in [0.2, 0.25) is 0 Å². The summed E-state index contributed by atoms with van der Waals surface area (Å²) in [6.45, 7) is 0.474. The zero-order valence-corrected chi connectivity index (χ0v) is 31.5. The highest BCUT2D eigenvalue weighted by Crippen LogP contribution is 2.42. The molecule has 0 aromatic rings. The lowest BCUT2D eigenvalue weighted by Gasteiger charge is -2.37. The maximum atomic E-state index is 13.3. The largest absolute Gasteiger partial charge is 0.481 e. The summed E-state index contributed by atoms with van der Waals surface area (Å²) >= 11 is 0. The zero-order valence-electron chi connectivity index (χ0n) is 31.5. The molecule has 4 N–H and O–H groups in total. The summed E-state index contributed by atoms with van der Waals surface area (Å²) < 4.78 is 6.55. The van der Waals surface area contributed by atoms with E-state index in [2.05, 4.69) is 10.8 Å². The van der Waals surface area contributed by atoms with Crippen LogP contribution in [0.1, 0.15) is 167 Å². The predicted octanol–water partition coefficient (Wildman–Crippen LogP) is 8.44. The van der Waals surface area contributed by atoms with E-state index in [4.69, 9.17) is 9.57 Å². The van der Waals surface area contributed by atoms with Gasteiger partial charge in [-0.1, -0.05) is 70.6 Å². The van der Waals surface area contributed by atoms with Crippen LogP contribution < -0.4 is 10.8 Å². The first kappa shape index (κ1) is 39.0. The molecule has 290 valence electrons. The van der Waals surface area contributed by atoms with Gasteiger partial charge in [0.05, 0.1) is 36.6 Å². The standard InChI is InChI=1S/C42H70N2O7/c45-40(37-22-12-31(26-39(37)42(48)49)24-29-9-5-2-6-10-29)43-33-14-18-35(19-15-33)51-36-20-16-34(17-21-36)44-50-27-32-13-11-30(25-38(32)41(46)47)23-28-7-3-1-4-8-28/h28-39,44H,1-27H2,(H,43,45)(H,46,47)(H,48,49). The van der Waals surface area contributed by atoms with E-state index in [0.29, 0.717) is 31.3 Å². The summed E-state index contributed by atoms with van der Waals surface area (Å²) in [5.41, 5.74) is 3.29. The zero-order chi connectivity index (χ0) is 35.6. The first-order valence-electron chi connectivity index (χ1n) is 21.6. The summed E-state index contributed by atoms with van der Waals surface area (Å²) in [7, 11) is 0. The molecule has 0 aromatic carbocycles. The molecule has 0 aromatic heterocycles. The Morgan fingerprint density at radius 3 is 1.57 bits per heavy atom. The van der Waals surface area contributed by atoms with Crippen molar-refractivity contribution in [2.24, 2.45) is 47.3 Å². The van der Waals surface area contributed by atoms with E-state index in [-0.39, 0.29) is 42.0 Å². The van der Waals surface area contributed by atoms with Crippen molar-refractivity contribution in [3.63, 3.8) is 0 Å². The van der Waals surface area contributed by atoms with Crippen LogP contribution in [0.4, 0.5) is 0 Å². The normalized spacial score (nSPS) is 37.4. The Labute approximate surface area is 307 Å². The molecule has 6 unspecified atom stereocenters. The van der Waals surface area contributed by atoms with Crippen LogP contribution in [0.3, 0.4) is 0 Å². The SMILES string of the molecule is O=C(O)C1CC(CC2CCCCC2)CCC1CONC1CCC(OC2CCC(NC(=O)C3CCC(CC4CCCCC4)CC3C(=O)O)CC2)CC1. The van der Waals surface area contributed by atoms with Gasteiger partial charge in [0.15, 0.2) is 0 Å². The second-order valence-corrected chi connectivity index (χ2v) is 18.1. The van der Waals surface area contributed by atoms with Crippen molar-refractivity contribution in [3.8, 4) is 0 Å². The van der Waals surface area contributed by atoms with E-state index < -0.39 is 23.8 Å². The van der Waals surface area contributed by atoms with Gasteiger partial charge in [-0.15, -0.1) is 0 Å². The van der Waals surface area contributed by atoms with Crippen LogP contribution in [0.15, 0.2) is 0 Å². The van der Waals surface area contributed by atoms with Gasteiger partial charge in [-0.2, -0.15) is 5.48 Å². The molecule has 0 saturated heterocycles. The van der Waals surface area contributed by atoms with Crippen molar-refractivity contribution in [2.45, 2.75) is 191 Å². The maximum Gasteiger partial charge on any atom is 0.307 e. The molecule has 0 aliphatic heterocycles. The number of hydrogen-bond acceptors (Lipinski definition) is 6. The molecule has 6 aliphatic rings. The molecular formula is C42H70N2O7. The Kier molecular flexibility index (Phi) is 15.0. The first-order valence-corrected chi connectivity index (χ1v) is 21.6. The molecule has 6 rings (SSSR count). The summed E-state index contributed by atoms with van der Waals surface area (Å²) in [5, 5.41) is 23.3. The molecule has 0 radical (unpaired) electrons. The van der Waals surface area contributed by atoms with Gasteiger partial charge in [-0.3, -0.25) is 14.4 Å². The molecule has 0 heterocycles. The van der Waals surface area contributed by atoms with E-state index in [0.717, 1.165) is 95.3 Å². The Bertz CT molecular complexity index is 1090. The fourth-order valence-corrected chi connectivity index (χ4v) is 11.4. The molecule has 0 bridgehead atoms. The Morgan fingerprint density at radius 2 is 1.02 bits per heavy atom. The number of carboxylic acid groups (broad SMARTS) is 2. The van der Waals surface area contributed by atoms with Crippen molar-refractivity contribution in [2.75, 3.05) is 6.61 Å². The van der Waals surface area contributed by atoms with Gasteiger partial charge in [0.1, 0.15) is 0 Å². The van der Waals surface area contributed by atoms with Crippen molar-refractivity contribution >= 4 is 17.8 Å². The molecule has 6 atom stereocenters. The maximum absolute atomic E-state index is 13.3. The van der Waals surface area contributed by atoms with E-state index in [1.807, 2.05) is 0 Å². The van der Waals surface area contributed by atoms with Crippen LogP contribution in [0, 0.1) is 47.3 Å². The number of hydrogen-bond donors (Lipinski definition) is 4. The lowest BCUT2D eigenvalue weighted by Crippen LogP contribution is -2.47. The van der Waals surface area contributed by atoms with Crippen LogP contribution in [0.25, 0.3) is 0 Å². The summed E-state index contributed by atoms with van der Waals surface area (Å²) in [6, 6.07) is 0.384. The number of carbonyl (C=O) groups excluding carboxylic acids is 1. The Balaban J connectivity index is 0.835. The third-order valence-electron chi connectivity index (χ3n) is 14.4. The van der Waals surface area contributed by atoms with Crippen molar-refractivity contribution < 1.29 is 34.2 Å². The molecule has 6 aliphatic carbocycles. The summed E-state index contributed by atoms with van der Waals surface area (Å²) in [4.78, 5) is 43.7. The fraction of sp³-hybridized carbons (Fsp3) is 0.929. The van der Waals surface area contributed by atoms with E-state index in [9.17, 15) is 24.6 Å². The molecule has 6 fully saturated rings. The monoisotopic (exact) mass is 715 g/mol. The van der Waals surface area contributed by atoms with Gasteiger partial charge >= 0.3 is 11.9 Å². The highest BCUT2D eigenvalue weighted by Gasteiger charge is 2.41. The van der Waals surface area contributed by atoms with Gasteiger partial charge in [-0.05, 0) is 126 Å². The number of aliphatic carboxylic acids is 2. The Morgan fingerprint density at radius 1 is 0.510 bits per heavy atom. The molecule has 0 spiro atoms. The third-order valence-corrected chi connectivity index (χ3v) is 14.4. The number of rotatable bonds is 14. The van der Waals surface area contributed by atoms with Crippen molar-refractivity contribution in [3.05, 3.63) is 0 Å². The van der Waals surface area contributed by atoms with Crippen molar-refractivity contribution in [1.29, 1.82) is 0 Å². The molecule has 6 saturated carbocycles. The topological polar surface area (TPSA) is 134 Å². The second kappa shape index (κ2) is 19.6. The molecule has 51 heavy (non-hydrogen) atoms. The highest BCUT2D eigenvalue weighted by atomic mass is 16.6. The molecular weight excluding hydrogens is 644 g/mol. The van der Waals surface area contributed by atoms with Gasteiger partial charge in [-0.25, -0.2) is 0 Å². The average Bonchev–Trinajstić information content (AvgIpc) is 3.14. The van der Waals surface area contributed by atoms with E-state index in [1.54, 1.807) is 0 Å². The highest BCUT2D eigenvalue weighted by molar-refractivity contribution is 5.85. The number of ether oxygens (including phenoxy) is 1. The van der Waals surface area contributed by atoms with Gasteiger partial charge in [0.2, 0.25) is 5.91 Å². The van der Waals surface area contributed by atoms with Gasteiger partial charge in [0, 0.05) is 12.1 Å². The van der Waals surface area contributed by atoms with E-state index in [1.165, 1.54) is 70.6 Å². The van der Waals surface area contributed by atoms with Gasteiger partial charge < -0.3 is 25.1 Å². The minimum Gasteiger partial charge on any atom is -0.481 e. The third kappa shape index (κ3) is 11.6. The Hall–Kier alpha value is -1.71. The summed E-state index contributed by atoms with van der Waals surface area (Å²) in [5.74, 6) is -0.115. The lowest BCUT2D eigenvalue weighted by molar-refractivity contribution is -0.150. The number of carbonyl (C=O) groups is 3. The van der Waals surface area contributed by atoms with Crippen LogP contribution in [-0.4, -0.2) is 59.0 Å². The van der Waals surface area contributed by atoms with E-state index >= 15 is 0 Å². The number of amides is 1. The predicted molar refractivity (Wildman–Crippen MR) is 197 cm³/mol. The minimum absolute atomic E-state index is 0.0447. The van der Waals surface area contributed by atoms with Crippen LogP contribution in [-0.2, 0) is 24.0 Å². The van der Waals surface area contributed by atoms with Crippen molar-refractivity contribution in [1.82, 2.24) is 10.8 Å². The average molecular weight is 715 g/mol. The molecule has 9 heteroatoms. The second-order valence-electron chi connectivity index (χ2n) is 18.1. The minimum atomic E-state index is -0.800. The van der Waals surface area contributed by atoms with Crippen LogP contribution >= 0.6 is 0 Å². The quantitative estimate of drug-likeness (QED) is 0.132. The van der Waals surface area contributed by atoms with Crippen LogP contribution in [0.5, 0.6) is 0 Å². The number of carboxylic acids is 2. The van der Waals surface area contributed by atoms with Gasteiger partial charge in [0.25, 0.3) is 0 Å². The lowest BCUT2D eigenvalue weighted by atomic mass is 9.69. The number of nitrogens with one attached hydrogen (secondary N) is 2. The fourth-order valence-electron chi connectivity index (χ4n) is 11.4.